The van der Waals surface area contributed by atoms with E-state index < -0.39 is 20.0 Å². The molecule has 0 radical (unpaired) electrons. The number of aryl methyl sites for hydroxylation is 1. The number of sulfonamides is 2. The number of rotatable bonds is 5. The molecule has 0 saturated heterocycles. The maximum Gasteiger partial charge on any atom is 0.236 e. The van der Waals surface area contributed by atoms with Crippen LogP contribution in [-0.2, 0) is 32.2 Å². The predicted molar refractivity (Wildman–Crippen MR) is 99.8 cm³/mol. The number of nitrogens with one attached hydrogen (secondary N) is 1. The molecule has 3 rings (SSSR count). The minimum Gasteiger partial charge on any atom is -0.283 e. The molecule has 8 heteroatoms. The molecule has 134 valence electrons. The van der Waals surface area contributed by atoms with Crippen LogP contribution in [0.1, 0.15) is 16.7 Å². The molecule has 0 aromatic heterocycles. The Morgan fingerprint density at radius 1 is 1.04 bits per heavy atom. The Bertz CT molecular complexity index is 997. The van der Waals surface area contributed by atoms with Crippen LogP contribution in [0.15, 0.2) is 42.5 Å². The SMILES string of the molecule is Cc1ccc(CS(=O)(=O)Nc2ccc3c(c2)CCN3S(C)(=O)=O)cc1. The summed E-state index contributed by atoms with van der Waals surface area (Å²) < 4.78 is 52.1. The summed E-state index contributed by atoms with van der Waals surface area (Å²) in [7, 11) is -6.86. The molecule has 0 atom stereocenters. The first kappa shape index (κ1) is 17.8. The van der Waals surface area contributed by atoms with Gasteiger partial charge in [-0.2, -0.15) is 0 Å². The van der Waals surface area contributed by atoms with Gasteiger partial charge in [-0.15, -0.1) is 0 Å². The van der Waals surface area contributed by atoms with Gasteiger partial charge in [0.1, 0.15) is 0 Å². The van der Waals surface area contributed by atoms with Crippen LogP contribution in [0.25, 0.3) is 0 Å². The molecular formula is C17H20N2O4S2. The third kappa shape index (κ3) is 4.13. The van der Waals surface area contributed by atoms with Crippen molar-refractivity contribution in [1.29, 1.82) is 0 Å². The van der Waals surface area contributed by atoms with Gasteiger partial charge in [0.25, 0.3) is 0 Å². The Kier molecular flexibility index (Phi) is 4.51. The third-order valence-electron chi connectivity index (χ3n) is 4.08. The minimum atomic E-state index is -3.54. The van der Waals surface area contributed by atoms with Crippen LogP contribution in [0.3, 0.4) is 0 Å². The average molecular weight is 380 g/mol. The molecule has 0 unspecified atom stereocenters. The van der Waals surface area contributed by atoms with Gasteiger partial charge in [-0.1, -0.05) is 29.8 Å². The number of benzene rings is 2. The second-order valence-electron chi connectivity index (χ2n) is 6.28. The lowest BCUT2D eigenvalue weighted by molar-refractivity contribution is 0.597. The zero-order chi connectivity index (χ0) is 18.2. The molecule has 2 aromatic rings. The Balaban J connectivity index is 1.78. The van der Waals surface area contributed by atoms with Crippen LogP contribution >= 0.6 is 0 Å². The first-order valence-electron chi connectivity index (χ1n) is 7.81. The molecule has 1 aliphatic rings. The summed E-state index contributed by atoms with van der Waals surface area (Å²) in [6, 6.07) is 12.3. The second-order valence-corrected chi connectivity index (χ2v) is 9.90. The van der Waals surface area contributed by atoms with E-state index in [1.807, 2.05) is 19.1 Å². The number of nitrogens with zero attached hydrogens (tertiary/aromatic N) is 1. The minimum absolute atomic E-state index is 0.111. The van der Waals surface area contributed by atoms with Gasteiger partial charge in [-0.05, 0) is 42.7 Å². The highest BCUT2D eigenvalue weighted by atomic mass is 32.2. The van der Waals surface area contributed by atoms with Crippen LogP contribution in [0, 0.1) is 6.92 Å². The molecule has 0 bridgehead atoms. The topological polar surface area (TPSA) is 83.6 Å². The van der Waals surface area contributed by atoms with Crippen LogP contribution in [0.5, 0.6) is 0 Å². The fourth-order valence-electron chi connectivity index (χ4n) is 2.90. The molecule has 2 aromatic carbocycles. The Morgan fingerprint density at radius 2 is 1.72 bits per heavy atom. The van der Waals surface area contributed by atoms with Gasteiger partial charge < -0.3 is 0 Å². The summed E-state index contributed by atoms with van der Waals surface area (Å²) in [5.74, 6) is -0.111. The van der Waals surface area contributed by atoms with Gasteiger partial charge in [-0.25, -0.2) is 16.8 Å². The van der Waals surface area contributed by atoms with Gasteiger partial charge in [-0.3, -0.25) is 9.03 Å². The molecule has 25 heavy (non-hydrogen) atoms. The summed E-state index contributed by atoms with van der Waals surface area (Å²) in [5.41, 5.74) is 3.66. The summed E-state index contributed by atoms with van der Waals surface area (Å²) in [5, 5.41) is 0. The predicted octanol–water partition coefficient (Wildman–Crippen LogP) is 2.26. The highest BCUT2D eigenvalue weighted by Crippen LogP contribution is 2.32. The first-order valence-corrected chi connectivity index (χ1v) is 11.3. The van der Waals surface area contributed by atoms with Gasteiger partial charge in [0.15, 0.2) is 0 Å². The molecule has 0 fully saturated rings. The highest BCUT2D eigenvalue weighted by molar-refractivity contribution is 7.92. The molecule has 0 saturated carbocycles. The fourth-order valence-corrected chi connectivity index (χ4v) is 5.05. The standard InChI is InChI=1S/C17H20N2O4S2/c1-13-3-5-14(6-4-13)12-25(22,23)18-16-7-8-17-15(11-16)9-10-19(17)24(2,20)21/h3-8,11,18H,9-10,12H2,1-2H3. The fraction of sp³-hybridized carbons (Fsp3) is 0.294. The van der Waals surface area contributed by atoms with Gasteiger partial charge >= 0.3 is 0 Å². The third-order valence-corrected chi connectivity index (χ3v) is 6.52. The van der Waals surface area contributed by atoms with E-state index in [4.69, 9.17) is 0 Å². The normalized spacial score (nSPS) is 14.4. The van der Waals surface area contributed by atoms with Crippen molar-refractivity contribution in [3.63, 3.8) is 0 Å². The number of hydrogen-bond acceptors (Lipinski definition) is 4. The van der Waals surface area contributed by atoms with E-state index in [0.29, 0.717) is 29.9 Å². The molecular weight excluding hydrogens is 360 g/mol. The van der Waals surface area contributed by atoms with E-state index in [1.165, 1.54) is 10.6 Å². The van der Waals surface area contributed by atoms with E-state index in [-0.39, 0.29) is 5.75 Å². The summed E-state index contributed by atoms with van der Waals surface area (Å²) in [6.45, 7) is 2.33. The van der Waals surface area contributed by atoms with Crippen molar-refractivity contribution in [2.75, 3.05) is 21.8 Å². The van der Waals surface area contributed by atoms with Crippen molar-refractivity contribution in [3.05, 3.63) is 59.2 Å². The zero-order valence-corrected chi connectivity index (χ0v) is 15.7. The molecule has 1 heterocycles. The maximum atomic E-state index is 12.4. The van der Waals surface area contributed by atoms with Crippen LogP contribution in [-0.4, -0.2) is 29.6 Å². The monoisotopic (exact) mass is 380 g/mol. The van der Waals surface area contributed by atoms with E-state index in [9.17, 15) is 16.8 Å². The summed E-state index contributed by atoms with van der Waals surface area (Å²) in [6.07, 6.45) is 1.73. The zero-order valence-electron chi connectivity index (χ0n) is 14.1. The van der Waals surface area contributed by atoms with Crippen LogP contribution in [0.4, 0.5) is 11.4 Å². The van der Waals surface area contributed by atoms with Crippen LogP contribution in [0.2, 0.25) is 0 Å². The summed E-state index contributed by atoms with van der Waals surface area (Å²) >= 11 is 0. The Morgan fingerprint density at radius 3 is 2.36 bits per heavy atom. The average Bonchev–Trinajstić information content (AvgIpc) is 2.92. The smallest absolute Gasteiger partial charge is 0.236 e. The number of hydrogen-bond donors (Lipinski definition) is 1. The molecule has 6 nitrogen and oxygen atoms in total. The van der Waals surface area contributed by atoms with Gasteiger partial charge in [0.05, 0.1) is 17.7 Å². The lowest BCUT2D eigenvalue weighted by Crippen LogP contribution is -2.27. The largest absolute Gasteiger partial charge is 0.283 e. The molecule has 0 spiro atoms. The molecule has 0 amide bonds. The van der Waals surface area contributed by atoms with Crippen molar-refractivity contribution in [2.45, 2.75) is 19.1 Å². The Hall–Kier alpha value is -2.06. The molecule has 1 aliphatic heterocycles. The Labute approximate surface area is 148 Å². The lowest BCUT2D eigenvalue weighted by atomic mass is 10.1. The van der Waals surface area contributed by atoms with E-state index in [0.717, 1.165) is 11.1 Å². The second kappa shape index (κ2) is 6.34. The number of fused-ring (bicyclic) bond motifs is 1. The highest BCUT2D eigenvalue weighted by Gasteiger charge is 2.26. The van der Waals surface area contributed by atoms with Crippen molar-refractivity contribution in [1.82, 2.24) is 0 Å². The van der Waals surface area contributed by atoms with E-state index in [2.05, 4.69) is 4.72 Å². The van der Waals surface area contributed by atoms with E-state index in [1.54, 1.807) is 30.3 Å². The van der Waals surface area contributed by atoms with Gasteiger partial charge in [0.2, 0.25) is 20.0 Å². The van der Waals surface area contributed by atoms with E-state index >= 15 is 0 Å². The van der Waals surface area contributed by atoms with Crippen molar-refractivity contribution in [3.8, 4) is 0 Å². The van der Waals surface area contributed by atoms with Crippen LogP contribution < -0.4 is 9.03 Å². The van der Waals surface area contributed by atoms with Gasteiger partial charge in [0, 0.05) is 12.2 Å². The maximum absolute atomic E-state index is 12.4. The molecule has 1 N–H and O–H groups in total. The number of anilines is 2. The van der Waals surface area contributed by atoms with Crippen molar-refractivity contribution < 1.29 is 16.8 Å². The first-order chi connectivity index (χ1) is 11.6. The summed E-state index contributed by atoms with van der Waals surface area (Å²) in [4.78, 5) is 0. The quantitative estimate of drug-likeness (QED) is 0.862. The lowest BCUT2D eigenvalue weighted by Gasteiger charge is -2.16. The van der Waals surface area contributed by atoms with Crippen molar-refractivity contribution in [2.24, 2.45) is 0 Å². The van der Waals surface area contributed by atoms with Crippen molar-refractivity contribution >= 4 is 31.4 Å². The molecule has 0 aliphatic carbocycles.